The van der Waals surface area contributed by atoms with Crippen molar-refractivity contribution in [3.8, 4) is 0 Å². The van der Waals surface area contributed by atoms with Gasteiger partial charge < -0.3 is 10.0 Å². The van der Waals surface area contributed by atoms with E-state index in [1.54, 1.807) is 32.2 Å². The fraction of sp³-hybridized carbons (Fsp3) is 0.517. The summed E-state index contributed by atoms with van der Waals surface area (Å²) >= 11 is 12.6. The summed E-state index contributed by atoms with van der Waals surface area (Å²) in [5, 5.41) is 10.6. The Labute approximate surface area is 240 Å². The molecular weight excluding hydrogens is 559 g/mol. The molecule has 0 bridgehead atoms. The van der Waals surface area contributed by atoms with Crippen LogP contribution in [0, 0.1) is 11.3 Å². The number of likely N-dealkylation sites (tertiary alicyclic amines) is 1. The molecule has 2 saturated carbocycles. The van der Waals surface area contributed by atoms with Gasteiger partial charge in [0.25, 0.3) is 0 Å². The highest BCUT2D eigenvalue weighted by atomic mass is 35.5. The van der Waals surface area contributed by atoms with Crippen LogP contribution in [0.2, 0.25) is 10.0 Å². The molecule has 0 aromatic heterocycles. The number of carbonyl (C=O) groups excluding carboxylic acids is 1. The monoisotopic (exact) mass is 592 g/mol. The first-order chi connectivity index (χ1) is 18.4. The number of amides is 1. The lowest BCUT2D eigenvalue weighted by Gasteiger charge is -2.52. The van der Waals surface area contributed by atoms with E-state index in [4.69, 9.17) is 23.2 Å². The van der Waals surface area contributed by atoms with Gasteiger partial charge in [-0.05, 0) is 73.4 Å². The van der Waals surface area contributed by atoms with Gasteiger partial charge in [-0.2, -0.15) is 0 Å². The van der Waals surface area contributed by atoms with E-state index in [0.29, 0.717) is 29.3 Å². The van der Waals surface area contributed by atoms with E-state index < -0.39 is 33.5 Å². The number of carbonyl (C=O) groups is 2. The smallest absolute Gasteiger partial charge is 0.304 e. The minimum Gasteiger partial charge on any atom is -0.481 e. The highest BCUT2D eigenvalue weighted by Gasteiger charge is 2.55. The first kappa shape index (κ1) is 28.4. The van der Waals surface area contributed by atoms with Crippen molar-refractivity contribution >= 4 is 45.1 Å². The van der Waals surface area contributed by atoms with E-state index in [2.05, 4.69) is 0 Å². The average Bonchev–Trinajstić information content (AvgIpc) is 3.77. The van der Waals surface area contributed by atoms with Crippen LogP contribution in [-0.2, 0) is 19.6 Å². The van der Waals surface area contributed by atoms with E-state index in [0.717, 1.165) is 24.0 Å². The molecule has 2 aromatic rings. The molecule has 1 N–H and O–H groups in total. The van der Waals surface area contributed by atoms with Gasteiger partial charge >= 0.3 is 5.97 Å². The summed E-state index contributed by atoms with van der Waals surface area (Å²) in [6.07, 6.45) is 3.08. The number of hydrogen-bond acceptors (Lipinski definition) is 4. The Hall–Kier alpha value is -2.13. The molecule has 210 valence electrons. The van der Waals surface area contributed by atoms with Crippen molar-refractivity contribution in [2.45, 2.75) is 68.7 Å². The Morgan fingerprint density at radius 3 is 2.31 bits per heavy atom. The molecule has 3 aliphatic rings. The van der Waals surface area contributed by atoms with Gasteiger partial charge in [0.1, 0.15) is 0 Å². The third kappa shape index (κ3) is 5.85. The van der Waals surface area contributed by atoms with E-state index in [-0.39, 0.29) is 36.0 Å². The maximum Gasteiger partial charge on any atom is 0.304 e. The van der Waals surface area contributed by atoms with Gasteiger partial charge in [0.15, 0.2) is 0 Å². The molecule has 1 amide bonds. The van der Waals surface area contributed by atoms with Crippen LogP contribution >= 0.6 is 23.2 Å². The summed E-state index contributed by atoms with van der Waals surface area (Å²) < 4.78 is 27.7. The minimum atomic E-state index is -3.46. The SMILES string of the molecule is CN(CC(C1CC1)N1C(=O)[C@](C)(CC(=O)O)C[C@H](c2cccc(Cl)c2)[C@H]1c1ccc(Cl)cc1)S(=O)(=O)C1CC1. The fourth-order valence-electron chi connectivity index (χ4n) is 6.18. The molecule has 2 aliphatic carbocycles. The summed E-state index contributed by atoms with van der Waals surface area (Å²) in [6, 6.07) is 14.0. The normalized spacial score (nSPS) is 26.6. The zero-order chi connectivity index (χ0) is 28.1. The van der Waals surface area contributed by atoms with Crippen molar-refractivity contribution in [2.24, 2.45) is 11.3 Å². The van der Waals surface area contributed by atoms with Crippen LogP contribution in [-0.4, -0.2) is 59.5 Å². The third-order valence-electron chi connectivity index (χ3n) is 8.48. The number of carboxylic acids is 1. The Balaban J connectivity index is 1.65. The standard InChI is InChI=1S/C29H34Cl2N2O5S/c1-29(16-26(34)35)15-24(20-4-3-5-22(31)14-20)27(19-8-10-21(30)11-9-19)33(28(29)36)25(18-6-7-18)17-32(2)39(37,38)23-12-13-23/h3-5,8-11,14,18,23-25,27H,6-7,12-13,15-17H2,1-2H3,(H,34,35)/t24-,25?,27-,29+/m1/s1. The highest BCUT2D eigenvalue weighted by Crippen LogP contribution is 2.54. The number of rotatable bonds is 10. The van der Waals surface area contributed by atoms with Crippen molar-refractivity contribution in [1.29, 1.82) is 0 Å². The number of hydrogen-bond donors (Lipinski definition) is 1. The Morgan fingerprint density at radius 2 is 1.74 bits per heavy atom. The van der Waals surface area contributed by atoms with Crippen molar-refractivity contribution in [3.63, 3.8) is 0 Å². The largest absolute Gasteiger partial charge is 0.481 e. The lowest BCUT2D eigenvalue weighted by atomic mass is 9.67. The number of nitrogens with zero attached hydrogens (tertiary/aromatic N) is 2. The maximum absolute atomic E-state index is 14.5. The number of likely N-dealkylation sites (N-methyl/N-ethyl adjacent to an activating group) is 1. The molecule has 1 heterocycles. The molecule has 10 heteroatoms. The van der Waals surface area contributed by atoms with Crippen molar-refractivity contribution < 1.29 is 23.1 Å². The molecule has 1 unspecified atom stereocenters. The topological polar surface area (TPSA) is 95.0 Å². The molecular formula is C29H34Cl2N2O5S. The first-order valence-corrected chi connectivity index (χ1v) is 15.7. The van der Waals surface area contributed by atoms with E-state index in [9.17, 15) is 23.1 Å². The van der Waals surface area contributed by atoms with Gasteiger partial charge in [0.2, 0.25) is 15.9 Å². The van der Waals surface area contributed by atoms with Crippen LogP contribution < -0.4 is 0 Å². The van der Waals surface area contributed by atoms with E-state index in [1.807, 2.05) is 35.2 Å². The van der Waals surface area contributed by atoms with Crippen molar-refractivity contribution in [1.82, 2.24) is 9.21 Å². The number of aliphatic carboxylic acids is 1. The summed E-state index contributed by atoms with van der Waals surface area (Å²) in [5.74, 6) is -1.43. The summed E-state index contributed by atoms with van der Waals surface area (Å²) in [5.41, 5.74) is 0.599. The second-order valence-electron chi connectivity index (χ2n) is 11.6. The van der Waals surface area contributed by atoms with Crippen molar-refractivity contribution in [3.05, 3.63) is 69.7 Å². The van der Waals surface area contributed by atoms with Gasteiger partial charge in [-0.25, -0.2) is 12.7 Å². The number of piperidine rings is 1. The average molecular weight is 594 g/mol. The van der Waals surface area contributed by atoms with Gasteiger partial charge in [0.05, 0.1) is 23.1 Å². The van der Waals surface area contributed by atoms with Crippen LogP contribution in [0.5, 0.6) is 0 Å². The molecule has 1 aliphatic heterocycles. The zero-order valence-electron chi connectivity index (χ0n) is 22.1. The highest BCUT2D eigenvalue weighted by molar-refractivity contribution is 7.90. The molecule has 0 spiro atoms. The van der Waals surface area contributed by atoms with Crippen LogP contribution in [0.15, 0.2) is 48.5 Å². The summed E-state index contributed by atoms with van der Waals surface area (Å²) in [4.78, 5) is 28.3. The molecule has 2 aromatic carbocycles. The third-order valence-corrected chi connectivity index (χ3v) is 11.3. The zero-order valence-corrected chi connectivity index (χ0v) is 24.4. The lowest BCUT2D eigenvalue weighted by molar-refractivity contribution is -0.161. The molecule has 1 saturated heterocycles. The lowest BCUT2D eigenvalue weighted by Crippen LogP contribution is -2.59. The second-order valence-corrected chi connectivity index (χ2v) is 14.8. The van der Waals surface area contributed by atoms with Crippen LogP contribution in [0.1, 0.15) is 68.5 Å². The fourth-order valence-corrected chi connectivity index (χ4v) is 8.10. The van der Waals surface area contributed by atoms with Gasteiger partial charge in [0, 0.05) is 35.6 Å². The molecule has 5 rings (SSSR count). The Bertz CT molecular complexity index is 1360. The second kappa shape index (κ2) is 10.7. The predicted molar refractivity (Wildman–Crippen MR) is 151 cm³/mol. The minimum absolute atomic E-state index is 0.132. The van der Waals surface area contributed by atoms with Gasteiger partial charge in [-0.3, -0.25) is 9.59 Å². The molecule has 3 fully saturated rings. The molecule has 4 atom stereocenters. The number of benzene rings is 2. The Kier molecular flexibility index (Phi) is 7.79. The van der Waals surface area contributed by atoms with Gasteiger partial charge in [-0.1, -0.05) is 54.4 Å². The van der Waals surface area contributed by atoms with Crippen molar-refractivity contribution in [2.75, 3.05) is 13.6 Å². The maximum atomic E-state index is 14.5. The summed E-state index contributed by atoms with van der Waals surface area (Å²) in [7, 11) is -1.87. The van der Waals surface area contributed by atoms with E-state index >= 15 is 0 Å². The first-order valence-electron chi connectivity index (χ1n) is 13.4. The summed E-state index contributed by atoms with van der Waals surface area (Å²) in [6.45, 7) is 1.89. The predicted octanol–water partition coefficient (Wildman–Crippen LogP) is 5.73. The van der Waals surface area contributed by atoms with Crippen LogP contribution in [0.4, 0.5) is 0 Å². The Morgan fingerprint density at radius 1 is 1.08 bits per heavy atom. The molecule has 39 heavy (non-hydrogen) atoms. The van der Waals surface area contributed by atoms with Gasteiger partial charge in [-0.15, -0.1) is 0 Å². The number of halogens is 2. The van der Waals surface area contributed by atoms with Crippen LogP contribution in [0.3, 0.4) is 0 Å². The van der Waals surface area contributed by atoms with Crippen LogP contribution in [0.25, 0.3) is 0 Å². The molecule has 7 nitrogen and oxygen atoms in total. The number of carboxylic acid groups (broad SMARTS) is 1. The molecule has 0 radical (unpaired) electrons. The quantitative estimate of drug-likeness (QED) is 0.380. The van der Waals surface area contributed by atoms with E-state index in [1.165, 1.54) is 4.31 Å². The number of sulfonamides is 1.